The predicted octanol–water partition coefficient (Wildman–Crippen LogP) is 1.40. The van der Waals surface area contributed by atoms with E-state index in [1.54, 1.807) is 31.2 Å². The van der Waals surface area contributed by atoms with E-state index < -0.39 is 0 Å². The van der Waals surface area contributed by atoms with Gasteiger partial charge in [0.25, 0.3) is 0 Å². The molecule has 0 spiro atoms. The fraction of sp³-hybridized carbons (Fsp3) is 0. The van der Waals surface area contributed by atoms with Gasteiger partial charge < -0.3 is 0 Å². The molecular formula is C6H5ClN3+. The van der Waals surface area contributed by atoms with Gasteiger partial charge in [0.1, 0.15) is 6.20 Å². The molecule has 0 bridgehead atoms. The molecule has 1 unspecified atom stereocenters. The normalized spacial score (nSPS) is 34.3. The number of halogens is 1. The second-order valence-electron chi connectivity index (χ2n) is 2.08. The summed E-state index contributed by atoms with van der Waals surface area (Å²) in [5.74, 6) is 0. The molecule has 0 aromatic heterocycles. The summed E-state index contributed by atoms with van der Waals surface area (Å²) in [6, 6.07) is 0. The number of rotatable bonds is 0. The quantitative estimate of drug-likeness (QED) is 0.471. The van der Waals surface area contributed by atoms with Gasteiger partial charge in [-0.05, 0) is 0 Å². The van der Waals surface area contributed by atoms with Crippen molar-refractivity contribution >= 4 is 24.3 Å². The zero-order valence-corrected chi connectivity index (χ0v) is 5.86. The largest absolute Gasteiger partial charge is 0.253 e. The van der Waals surface area contributed by atoms with Crippen LogP contribution in [-0.4, -0.2) is 16.6 Å². The Labute approximate surface area is 63.3 Å². The van der Waals surface area contributed by atoms with Gasteiger partial charge in [-0.3, -0.25) is 4.99 Å². The van der Waals surface area contributed by atoms with Gasteiger partial charge in [-0.15, -0.1) is 4.00 Å². The molecule has 0 aromatic carbocycles. The first-order valence-corrected chi connectivity index (χ1v) is 3.19. The van der Waals surface area contributed by atoms with E-state index in [0.29, 0.717) is 0 Å². The second kappa shape index (κ2) is 1.78. The zero-order valence-electron chi connectivity index (χ0n) is 5.11. The average Bonchev–Trinajstić information content (AvgIpc) is 2.29. The Morgan fingerprint density at radius 3 is 3.10 bits per heavy atom. The molecule has 1 atom stereocenters. The molecule has 3 nitrogen and oxygen atoms in total. The molecule has 4 heteroatoms. The monoisotopic (exact) mass is 154 g/mol. The van der Waals surface area contributed by atoms with Crippen molar-refractivity contribution in [1.82, 2.24) is 0 Å². The summed E-state index contributed by atoms with van der Waals surface area (Å²) in [6.45, 7) is 0. The van der Waals surface area contributed by atoms with E-state index in [1.807, 2.05) is 0 Å². The number of nitrogens with zero attached hydrogens (tertiary/aromatic N) is 3. The molecule has 0 saturated heterocycles. The van der Waals surface area contributed by atoms with Crippen LogP contribution in [-0.2, 0) is 0 Å². The maximum atomic E-state index is 6.01. The van der Waals surface area contributed by atoms with Crippen molar-refractivity contribution in [3.8, 4) is 0 Å². The fourth-order valence-electron chi connectivity index (χ4n) is 0.863. The summed E-state index contributed by atoms with van der Waals surface area (Å²) in [7, 11) is 0. The predicted molar refractivity (Wildman–Crippen MR) is 40.3 cm³/mol. The van der Waals surface area contributed by atoms with Crippen LogP contribution in [0.5, 0.6) is 0 Å². The van der Waals surface area contributed by atoms with Crippen molar-refractivity contribution in [1.29, 1.82) is 0 Å². The van der Waals surface area contributed by atoms with E-state index >= 15 is 0 Å². The molecule has 2 aliphatic heterocycles. The lowest BCUT2D eigenvalue weighted by Gasteiger charge is -2.15. The van der Waals surface area contributed by atoms with Crippen molar-refractivity contribution in [3.63, 3.8) is 0 Å². The molecule has 2 heterocycles. The SMILES string of the molecule is Cl[N+]12C=CN=CC1=CN=C2. The van der Waals surface area contributed by atoms with Gasteiger partial charge in [-0.25, -0.2) is 4.99 Å². The number of aliphatic imine (C=N–C) groups is 2. The van der Waals surface area contributed by atoms with Gasteiger partial charge in [0.05, 0.1) is 18.6 Å². The Morgan fingerprint density at radius 1 is 1.40 bits per heavy atom. The third-order valence-electron chi connectivity index (χ3n) is 1.41. The Bertz CT molecular complexity index is 277. The number of allylic oxidation sites excluding steroid dienone is 1. The van der Waals surface area contributed by atoms with Gasteiger partial charge in [-0.1, -0.05) is 0 Å². The second-order valence-corrected chi connectivity index (χ2v) is 2.64. The van der Waals surface area contributed by atoms with Crippen LogP contribution in [0.25, 0.3) is 0 Å². The molecule has 50 valence electrons. The third-order valence-corrected chi connectivity index (χ3v) is 1.81. The Hall–Kier alpha value is -0.930. The lowest BCUT2D eigenvalue weighted by molar-refractivity contribution is -0.591. The van der Waals surface area contributed by atoms with Crippen molar-refractivity contribution in [2.45, 2.75) is 0 Å². The first-order valence-electron chi connectivity index (χ1n) is 2.85. The van der Waals surface area contributed by atoms with Crippen molar-refractivity contribution in [3.05, 3.63) is 24.3 Å². The molecule has 0 amide bonds. The standard InChI is InChI=1S/C6H5ClN3/c7-10-2-1-8-3-6(10)4-9-5-10/h1-5H/q+1. The van der Waals surface area contributed by atoms with Crippen molar-refractivity contribution in [2.75, 3.05) is 0 Å². The average molecular weight is 155 g/mol. The summed E-state index contributed by atoms with van der Waals surface area (Å²) in [6.07, 6.45) is 8.43. The minimum atomic E-state index is 0.128. The van der Waals surface area contributed by atoms with Crippen LogP contribution >= 0.6 is 11.8 Å². The molecule has 0 N–H and O–H groups in total. The van der Waals surface area contributed by atoms with Crippen LogP contribution in [0, 0.1) is 0 Å². The van der Waals surface area contributed by atoms with E-state index in [0.717, 1.165) is 5.70 Å². The van der Waals surface area contributed by atoms with Crippen LogP contribution in [0.1, 0.15) is 0 Å². The maximum absolute atomic E-state index is 6.01. The van der Waals surface area contributed by atoms with E-state index in [9.17, 15) is 0 Å². The summed E-state index contributed by atoms with van der Waals surface area (Å²) in [5.41, 5.74) is 0.879. The fourth-order valence-corrected chi connectivity index (χ4v) is 1.05. The molecule has 2 rings (SSSR count). The number of hydrogen-bond acceptors (Lipinski definition) is 2. The number of hydrogen-bond donors (Lipinski definition) is 0. The highest BCUT2D eigenvalue weighted by molar-refractivity contribution is 6.14. The molecule has 2 aliphatic rings. The summed E-state index contributed by atoms with van der Waals surface area (Å²) < 4.78 is 0.128. The topological polar surface area (TPSA) is 24.7 Å². The van der Waals surface area contributed by atoms with E-state index in [4.69, 9.17) is 11.8 Å². The Kier molecular flexibility index (Phi) is 1.03. The van der Waals surface area contributed by atoms with Crippen LogP contribution in [0.4, 0.5) is 0 Å². The number of quaternary nitrogens is 1. The van der Waals surface area contributed by atoms with Gasteiger partial charge >= 0.3 is 0 Å². The molecule has 10 heavy (non-hydrogen) atoms. The highest BCUT2D eigenvalue weighted by Crippen LogP contribution is 2.25. The van der Waals surface area contributed by atoms with Gasteiger partial charge in [0.2, 0.25) is 6.34 Å². The smallest absolute Gasteiger partial charge is 0.218 e. The van der Waals surface area contributed by atoms with E-state index in [-0.39, 0.29) is 4.00 Å². The summed E-state index contributed by atoms with van der Waals surface area (Å²) in [4.78, 5) is 7.82. The minimum absolute atomic E-state index is 0.128. The highest BCUT2D eigenvalue weighted by atomic mass is 35.5. The van der Waals surface area contributed by atoms with Gasteiger partial charge in [0, 0.05) is 0 Å². The molecular weight excluding hydrogens is 150 g/mol. The van der Waals surface area contributed by atoms with Crippen LogP contribution < -0.4 is 0 Å². The van der Waals surface area contributed by atoms with E-state index in [2.05, 4.69) is 9.98 Å². The van der Waals surface area contributed by atoms with Gasteiger partial charge in [-0.2, -0.15) is 0 Å². The van der Waals surface area contributed by atoms with E-state index in [1.165, 1.54) is 0 Å². The molecule has 0 fully saturated rings. The first-order chi connectivity index (χ1) is 4.81. The molecule has 0 aliphatic carbocycles. The Morgan fingerprint density at radius 2 is 2.30 bits per heavy atom. The van der Waals surface area contributed by atoms with Gasteiger partial charge in [0.15, 0.2) is 17.5 Å². The van der Waals surface area contributed by atoms with Crippen molar-refractivity contribution in [2.24, 2.45) is 9.98 Å². The summed E-state index contributed by atoms with van der Waals surface area (Å²) in [5, 5.41) is 0. The molecule has 0 saturated carbocycles. The minimum Gasteiger partial charge on any atom is -0.253 e. The van der Waals surface area contributed by atoms with Crippen LogP contribution in [0.3, 0.4) is 0 Å². The summed E-state index contributed by atoms with van der Waals surface area (Å²) >= 11 is 6.01. The molecule has 0 aromatic rings. The lowest BCUT2D eigenvalue weighted by Crippen LogP contribution is -2.28. The van der Waals surface area contributed by atoms with Crippen LogP contribution in [0.15, 0.2) is 34.3 Å². The Balaban J connectivity index is 2.51. The lowest BCUT2D eigenvalue weighted by atomic mass is 10.4. The zero-order chi connectivity index (χ0) is 7.03. The third kappa shape index (κ3) is 0.647. The highest BCUT2D eigenvalue weighted by Gasteiger charge is 2.32. The first kappa shape index (κ1) is 5.82. The van der Waals surface area contributed by atoms with Crippen molar-refractivity contribution < 1.29 is 4.00 Å². The maximum Gasteiger partial charge on any atom is 0.218 e. The van der Waals surface area contributed by atoms with Crippen LogP contribution in [0.2, 0.25) is 0 Å². The molecule has 0 radical (unpaired) electrons. The number of fused-ring (bicyclic) bond motifs is 1.